The second-order valence-corrected chi connectivity index (χ2v) is 3.36. The molecule has 0 aliphatic heterocycles. The minimum Gasteiger partial charge on any atom is -0.386 e. The number of rotatable bonds is 1. The molecular formula is C6H15N3. The summed E-state index contributed by atoms with van der Waals surface area (Å²) in [6.45, 7) is 6.26. The molecule has 0 atom stereocenters. The van der Waals surface area contributed by atoms with Crippen molar-refractivity contribution in [3.63, 3.8) is 0 Å². The Morgan fingerprint density at radius 3 is 2.00 bits per heavy atom. The smallest absolute Gasteiger partial charge is 0.119 e. The molecule has 0 unspecified atom stereocenters. The van der Waals surface area contributed by atoms with Crippen molar-refractivity contribution in [3.05, 3.63) is 0 Å². The molecule has 0 saturated carbocycles. The highest BCUT2D eigenvalue weighted by atomic mass is 15.1. The summed E-state index contributed by atoms with van der Waals surface area (Å²) in [5.74, 6) is 5.46. The molecule has 0 amide bonds. The molecule has 3 heteroatoms. The second-order valence-electron chi connectivity index (χ2n) is 3.36. The molecule has 9 heavy (non-hydrogen) atoms. The number of hydrogen-bond acceptors (Lipinski definition) is 2. The molecule has 3 nitrogen and oxygen atoms in total. The number of nitrogens with two attached hydrogens (primary N) is 2. The molecule has 54 valence electrons. The second kappa shape index (κ2) is 2.71. The molecule has 0 aromatic heterocycles. The van der Waals surface area contributed by atoms with E-state index in [2.05, 4.69) is 25.9 Å². The van der Waals surface area contributed by atoms with E-state index in [1.807, 2.05) is 0 Å². The van der Waals surface area contributed by atoms with Crippen molar-refractivity contribution >= 4 is 5.84 Å². The summed E-state index contributed by atoms with van der Waals surface area (Å²) in [6, 6.07) is 0. The summed E-state index contributed by atoms with van der Waals surface area (Å²) in [6.07, 6.45) is 0.753. The van der Waals surface area contributed by atoms with Gasteiger partial charge in [0.25, 0.3) is 0 Å². The lowest BCUT2D eigenvalue weighted by atomic mass is 9.92. The highest BCUT2D eigenvalue weighted by molar-refractivity contribution is 5.80. The van der Waals surface area contributed by atoms with Gasteiger partial charge >= 0.3 is 0 Å². The number of amidine groups is 1. The van der Waals surface area contributed by atoms with Gasteiger partial charge in [-0.2, -0.15) is 5.10 Å². The zero-order valence-electron chi connectivity index (χ0n) is 6.31. The van der Waals surface area contributed by atoms with E-state index in [0.29, 0.717) is 5.84 Å². The highest BCUT2D eigenvalue weighted by Crippen LogP contribution is 2.17. The van der Waals surface area contributed by atoms with Gasteiger partial charge in [0.05, 0.1) is 0 Å². The van der Waals surface area contributed by atoms with E-state index in [-0.39, 0.29) is 5.41 Å². The molecule has 0 rings (SSSR count). The Morgan fingerprint density at radius 2 is 1.89 bits per heavy atom. The highest BCUT2D eigenvalue weighted by Gasteiger charge is 2.11. The monoisotopic (exact) mass is 129 g/mol. The van der Waals surface area contributed by atoms with E-state index in [1.54, 1.807) is 0 Å². The van der Waals surface area contributed by atoms with Gasteiger partial charge in [0, 0.05) is 6.42 Å². The van der Waals surface area contributed by atoms with Gasteiger partial charge in [0.1, 0.15) is 5.84 Å². The van der Waals surface area contributed by atoms with Crippen molar-refractivity contribution in [3.8, 4) is 0 Å². The molecular weight excluding hydrogens is 114 g/mol. The lowest BCUT2D eigenvalue weighted by molar-refractivity contribution is 0.432. The van der Waals surface area contributed by atoms with Crippen LogP contribution in [-0.4, -0.2) is 5.84 Å². The first-order valence-corrected chi connectivity index (χ1v) is 2.98. The molecule has 0 aliphatic rings. The molecule has 0 heterocycles. The third-order valence-electron chi connectivity index (χ3n) is 0.877. The normalized spacial score (nSPS) is 13.9. The molecule has 0 aliphatic carbocycles. The van der Waals surface area contributed by atoms with Crippen LogP contribution < -0.4 is 11.6 Å². The van der Waals surface area contributed by atoms with Crippen LogP contribution in [0.15, 0.2) is 5.10 Å². The third-order valence-corrected chi connectivity index (χ3v) is 0.877. The lowest BCUT2D eigenvalue weighted by Crippen LogP contribution is -2.21. The van der Waals surface area contributed by atoms with Crippen molar-refractivity contribution in [1.82, 2.24) is 0 Å². The van der Waals surface area contributed by atoms with Gasteiger partial charge < -0.3 is 11.6 Å². The number of hydrazone groups is 1. The van der Waals surface area contributed by atoms with Crippen LogP contribution in [0.3, 0.4) is 0 Å². The van der Waals surface area contributed by atoms with E-state index in [4.69, 9.17) is 11.6 Å². The Bertz CT molecular complexity index is 110. The first-order valence-electron chi connectivity index (χ1n) is 2.98. The van der Waals surface area contributed by atoms with Crippen molar-refractivity contribution in [2.24, 2.45) is 22.1 Å². The summed E-state index contributed by atoms with van der Waals surface area (Å²) >= 11 is 0. The maximum Gasteiger partial charge on any atom is 0.119 e. The summed E-state index contributed by atoms with van der Waals surface area (Å²) in [5.41, 5.74) is 5.57. The largest absolute Gasteiger partial charge is 0.386 e. The van der Waals surface area contributed by atoms with Gasteiger partial charge in [0.2, 0.25) is 0 Å². The Kier molecular flexibility index (Phi) is 2.49. The maximum atomic E-state index is 5.38. The van der Waals surface area contributed by atoms with E-state index in [9.17, 15) is 0 Å². The number of hydrogen-bond donors (Lipinski definition) is 2. The SMILES string of the molecule is CC(C)(C)C/C(N)=N/N. The molecule has 0 radical (unpaired) electrons. The van der Waals surface area contributed by atoms with Crippen LogP contribution >= 0.6 is 0 Å². The van der Waals surface area contributed by atoms with Crippen molar-refractivity contribution < 1.29 is 0 Å². The Labute approximate surface area is 56.1 Å². The molecule has 0 saturated heterocycles. The lowest BCUT2D eigenvalue weighted by Gasteiger charge is -2.16. The van der Waals surface area contributed by atoms with Crippen LogP contribution in [0.2, 0.25) is 0 Å². The zero-order valence-corrected chi connectivity index (χ0v) is 6.31. The first-order chi connectivity index (χ1) is 3.95. The molecule has 0 aromatic rings. The fourth-order valence-corrected chi connectivity index (χ4v) is 0.589. The van der Waals surface area contributed by atoms with Crippen molar-refractivity contribution in [2.75, 3.05) is 0 Å². The summed E-state index contributed by atoms with van der Waals surface area (Å²) in [5, 5.41) is 3.37. The molecule has 0 bridgehead atoms. The molecule has 0 spiro atoms. The van der Waals surface area contributed by atoms with Crippen LogP contribution in [0, 0.1) is 5.41 Å². The quantitative estimate of drug-likeness (QED) is 0.236. The Morgan fingerprint density at radius 1 is 1.44 bits per heavy atom. The van der Waals surface area contributed by atoms with Crippen LogP contribution in [-0.2, 0) is 0 Å². The fourth-order valence-electron chi connectivity index (χ4n) is 0.589. The molecule has 4 N–H and O–H groups in total. The van der Waals surface area contributed by atoms with Gasteiger partial charge in [-0.15, -0.1) is 0 Å². The van der Waals surface area contributed by atoms with Crippen LogP contribution in [0.5, 0.6) is 0 Å². The molecule has 0 fully saturated rings. The minimum atomic E-state index is 0.187. The summed E-state index contributed by atoms with van der Waals surface area (Å²) in [4.78, 5) is 0. The van der Waals surface area contributed by atoms with Gasteiger partial charge in [0.15, 0.2) is 0 Å². The summed E-state index contributed by atoms with van der Waals surface area (Å²) in [7, 11) is 0. The molecule has 0 aromatic carbocycles. The van der Waals surface area contributed by atoms with Crippen LogP contribution in [0.1, 0.15) is 27.2 Å². The minimum absolute atomic E-state index is 0.187. The fraction of sp³-hybridized carbons (Fsp3) is 0.833. The van der Waals surface area contributed by atoms with E-state index in [1.165, 1.54) is 0 Å². The predicted molar refractivity (Wildman–Crippen MR) is 39.9 cm³/mol. The Hall–Kier alpha value is -0.730. The third kappa shape index (κ3) is 5.14. The first kappa shape index (κ1) is 8.27. The van der Waals surface area contributed by atoms with Crippen molar-refractivity contribution in [1.29, 1.82) is 0 Å². The van der Waals surface area contributed by atoms with Crippen LogP contribution in [0.25, 0.3) is 0 Å². The topological polar surface area (TPSA) is 64.4 Å². The van der Waals surface area contributed by atoms with E-state index in [0.717, 1.165) is 6.42 Å². The van der Waals surface area contributed by atoms with Crippen molar-refractivity contribution in [2.45, 2.75) is 27.2 Å². The average Bonchev–Trinajstić information content (AvgIpc) is 1.62. The zero-order chi connectivity index (χ0) is 7.49. The van der Waals surface area contributed by atoms with E-state index >= 15 is 0 Å². The van der Waals surface area contributed by atoms with Gasteiger partial charge in [-0.1, -0.05) is 20.8 Å². The number of nitrogens with zero attached hydrogens (tertiary/aromatic N) is 1. The maximum absolute atomic E-state index is 5.38. The van der Waals surface area contributed by atoms with E-state index < -0.39 is 0 Å². The van der Waals surface area contributed by atoms with Crippen LogP contribution in [0.4, 0.5) is 0 Å². The van der Waals surface area contributed by atoms with Gasteiger partial charge in [-0.3, -0.25) is 0 Å². The van der Waals surface area contributed by atoms with Gasteiger partial charge in [-0.25, -0.2) is 0 Å². The average molecular weight is 129 g/mol. The standard InChI is InChI=1S/C6H15N3/c1-6(2,3)4-5(7)9-8/h4,8H2,1-3H3,(H2,7,9). The Balaban J connectivity index is 3.75. The van der Waals surface area contributed by atoms with Gasteiger partial charge in [-0.05, 0) is 5.41 Å². The summed E-state index contributed by atoms with van der Waals surface area (Å²) < 4.78 is 0. The predicted octanol–water partition coefficient (Wildman–Crippen LogP) is 0.654.